The molecule has 0 atom stereocenters. The average molecular weight is 232 g/mol. The summed E-state index contributed by atoms with van der Waals surface area (Å²) in [5, 5.41) is 3.22. The van der Waals surface area contributed by atoms with E-state index in [0.29, 0.717) is 13.1 Å². The van der Waals surface area contributed by atoms with E-state index in [9.17, 15) is 4.79 Å². The predicted molar refractivity (Wildman–Crippen MR) is 65.9 cm³/mol. The molecule has 2 aromatic heterocycles. The molecular weight excluding hydrogens is 216 g/mol. The molecule has 17 heavy (non-hydrogen) atoms. The van der Waals surface area contributed by atoms with Crippen molar-refractivity contribution in [2.45, 2.75) is 20.0 Å². The van der Waals surface area contributed by atoms with Gasteiger partial charge in [0, 0.05) is 25.4 Å². The van der Waals surface area contributed by atoms with Crippen LogP contribution < -0.4 is 10.9 Å². The zero-order valence-electron chi connectivity index (χ0n) is 9.85. The molecule has 2 rings (SSSR count). The molecule has 0 spiro atoms. The average Bonchev–Trinajstić information content (AvgIpc) is 2.79. The number of aromatic nitrogens is 1. The Balaban J connectivity index is 1.80. The number of hydrogen-bond acceptors (Lipinski definition) is 3. The smallest absolute Gasteiger partial charge is 0.250 e. The van der Waals surface area contributed by atoms with E-state index in [1.807, 2.05) is 31.3 Å². The second-order valence-corrected chi connectivity index (χ2v) is 3.99. The molecule has 4 heteroatoms. The van der Waals surface area contributed by atoms with Crippen molar-refractivity contribution < 1.29 is 4.42 Å². The Bertz CT molecular complexity index is 514. The van der Waals surface area contributed by atoms with Crippen LogP contribution in [0, 0.1) is 6.92 Å². The molecule has 0 saturated heterocycles. The Morgan fingerprint density at radius 2 is 2.29 bits per heavy atom. The van der Waals surface area contributed by atoms with E-state index in [1.54, 1.807) is 16.9 Å². The van der Waals surface area contributed by atoms with Gasteiger partial charge in [-0.3, -0.25) is 4.79 Å². The third-order valence-corrected chi connectivity index (χ3v) is 2.56. The first kappa shape index (κ1) is 11.7. The third kappa shape index (κ3) is 3.32. The second kappa shape index (κ2) is 5.50. The number of aryl methyl sites for hydroxylation is 1. The monoisotopic (exact) mass is 232 g/mol. The van der Waals surface area contributed by atoms with Gasteiger partial charge in [-0.25, -0.2) is 0 Å². The van der Waals surface area contributed by atoms with Crippen LogP contribution >= 0.6 is 0 Å². The highest BCUT2D eigenvalue weighted by atomic mass is 16.3. The first-order valence-electron chi connectivity index (χ1n) is 5.66. The number of nitrogens with one attached hydrogen (secondary N) is 1. The van der Waals surface area contributed by atoms with Crippen molar-refractivity contribution in [2.24, 2.45) is 0 Å². The summed E-state index contributed by atoms with van der Waals surface area (Å²) in [5.41, 5.74) is 1.04. The molecule has 2 aromatic rings. The molecule has 0 amide bonds. The molecule has 0 fully saturated rings. The molecule has 4 nitrogen and oxygen atoms in total. The van der Waals surface area contributed by atoms with Crippen molar-refractivity contribution in [2.75, 3.05) is 6.54 Å². The highest BCUT2D eigenvalue weighted by molar-refractivity contribution is 5.08. The van der Waals surface area contributed by atoms with Gasteiger partial charge in [-0.05, 0) is 30.7 Å². The Morgan fingerprint density at radius 3 is 3.00 bits per heavy atom. The lowest BCUT2D eigenvalue weighted by Crippen LogP contribution is -2.26. The van der Waals surface area contributed by atoms with Crippen molar-refractivity contribution in [3.63, 3.8) is 0 Å². The van der Waals surface area contributed by atoms with Gasteiger partial charge in [0.25, 0.3) is 5.56 Å². The van der Waals surface area contributed by atoms with Gasteiger partial charge in [0.15, 0.2) is 0 Å². The van der Waals surface area contributed by atoms with Crippen LogP contribution in [0.2, 0.25) is 0 Å². The summed E-state index contributed by atoms with van der Waals surface area (Å²) in [6.07, 6.45) is 3.48. The molecule has 0 aliphatic heterocycles. The Morgan fingerprint density at radius 1 is 1.41 bits per heavy atom. The van der Waals surface area contributed by atoms with E-state index in [4.69, 9.17) is 4.42 Å². The fourth-order valence-corrected chi connectivity index (χ4v) is 1.62. The lowest BCUT2D eigenvalue weighted by molar-refractivity contribution is 0.474. The fourth-order valence-electron chi connectivity index (χ4n) is 1.62. The summed E-state index contributed by atoms with van der Waals surface area (Å²) in [5.74, 6) is 0.904. The molecular formula is C13H16N2O2. The standard InChI is InChI=1S/C13H16N2O2/c1-11-4-6-15(13(16)9-11)7-5-14-10-12-3-2-8-17-12/h2-4,6,8-9,14H,5,7,10H2,1H3. The number of hydrogen-bond donors (Lipinski definition) is 1. The van der Waals surface area contributed by atoms with Gasteiger partial charge in [-0.2, -0.15) is 0 Å². The third-order valence-electron chi connectivity index (χ3n) is 2.56. The highest BCUT2D eigenvalue weighted by Crippen LogP contribution is 1.98. The van der Waals surface area contributed by atoms with Gasteiger partial charge >= 0.3 is 0 Å². The van der Waals surface area contributed by atoms with Gasteiger partial charge in [0.1, 0.15) is 5.76 Å². The van der Waals surface area contributed by atoms with Crippen LogP contribution in [0.5, 0.6) is 0 Å². The van der Waals surface area contributed by atoms with Gasteiger partial charge in [-0.15, -0.1) is 0 Å². The van der Waals surface area contributed by atoms with E-state index in [0.717, 1.165) is 17.9 Å². The molecule has 0 bridgehead atoms. The van der Waals surface area contributed by atoms with Crippen LogP contribution in [0.3, 0.4) is 0 Å². The fraction of sp³-hybridized carbons (Fsp3) is 0.308. The molecule has 2 heterocycles. The molecule has 0 saturated carbocycles. The molecule has 0 unspecified atom stereocenters. The van der Waals surface area contributed by atoms with Crippen LogP contribution in [-0.2, 0) is 13.1 Å². The number of pyridine rings is 1. The molecule has 0 aliphatic carbocycles. The molecule has 0 radical (unpaired) electrons. The zero-order chi connectivity index (χ0) is 12.1. The largest absolute Gasteiger partial charge is 0.468 e. The van der Waals surface area contributed by atoms with Crippen molar-refractivity contribution in [3.05, 3.63) is 58.4 Å². The first-order chi connectivity index (χ1) is 8.25. The predicted octanol–water partition coefficient (Wildman–Crippen LogP) is 1.54. The Kier molecular flexibility index (Phi) is 3.77. The van der Waals surface area contributed by atoms with E-state index in [-0.39, 0.29) is 5.56 Å². The number of furan rings is 1. The van der Waals surface area contributed by atoms with Crippen LogP contribution in [0.4, 0.5) is 0 Å². The quantitative estimate of drug-likeness (QED) is 0.795. The summed E-state index contributed by atoms with van der Waals surface area (Å²) in [4.78, 5) is 11.6. The summed E-state index contributed by atoms with van der Waals surface area (Å²) in [6, 6.07) is 7.37. The van der Waals surface area contributed by atoms with E-state index in [2.05, 4.69) is 5.32 Å². The topological polar surface area (TPSA) is 47.2 Å². The van der Waals surface area contributed by atoms with E-state index in [1.165, 1.54) is 0 Å². The maximum absolute atomic E-state index is 11.6. The van der Waals surface area contributed by atoms with Gasteiger partial charge < -0.3 is 14.3 Å². The van der Waals surface area contributed by atoms with Crippen LogP contribution in [-0.4, -0.2) is 11.1 Å². The summed E-state index contributed by atoms with van der Waals surface area (Å²) in [7, 11) is 0. The van der Waals surface area contributed by atoms with Crippen molar-refractivity contribution in [1.29, 1.82) is 0 Å². The Hall–Kier alpha value is -1.81. The van der Waals surface area contributed by atoms with Crippen LogP contribution in [0.15, 0.2) is 45.9 Å². The maximum atomic E-state index is 11.6. The number of rotatable bonds is 5. The zero-order valence-corrected chi connectivity index (χ0v) is 9.85. The van der Waals surface area contributed by atoms with E-state index < -0.39 is 0 Å². The first-order valence-corrected chi connectivity index (χ1v) is 5.66. The van der Waals surface area contributed by atoms with Crippen LogP contribution in [0.25, 0.3) is 0 Å². The minimum Gasteiger partial charge on any atom is -0.468 e. The van der Waals surface area contributed by atoms with Gasteiger partial charge in [-0.1, -0.05) is 0 Å². The summed E-state index contributed by atoms with van der Waals surface area (Å²) < 4.78 is 6.89. The Labute approximate surface area is 99.9 Å². The van der Waals surface area contributed by atoms with Crippen molar-refractivity contribution in [1.82, 2.24) is 9.88 Å². The van der Waals surface area contributed by atoms with Gasteiger partial charge in [0.05, 0.1) is 12.8 Å². The SMILES string of the molecule is Cc1ccn(CCNCc2ccco2)c(=O)c1. The number of nitrogens with zero attached hydrogens (tertiary/aromatic N) is 1. The summed E-state index contributed by atoms with van der Waals surface area (Å²) >= 11 is 0. The normalized spacial score (nSPS) is 10.6. The minimum atomic E-state index is 0.0461. The van der Waals surface area contributed by atoms with Gasteiger partial charge in [0.2, 0.25) is 0 Å². The summed E-state index contributed by atoms with van der Waals surface area (Å²) in [6.45, 7) is 4.01. The van der Waals surface area contributed by atoms with Crippen molar-refractivity contribution in [3.8, 4) is 0 Å². The molecule has 90 valence electrons. The molecule has 0 aromatic carbocycles. The highest BCUT2D eigenvalue weighted by Gasteiger charge is 1.97. The lowest BCUT2D eigenvalue weighted by Gasteiger charge is -2.06. The molecule has 0 aliphatic rings. The van der Waals surface area contributed by atoms with Crippen LogP contribution in [0.1, 0.15) is 11.3 Å². The maximum Gasteiger partial charge on any atom is 0.250 e. The second-order valence-electron chi connectivity index (χ2n) is 3.99. The lowest BCUT2D eigenvalue weighted by atomic mass is 10.3. The van der Waals surface area contributed by atoms with E-state index >= 15 is 0 Å². The van der Waals surface area contributed by atoms with Crippen molar-refractivity contribution >= 4 is 0 Å². The molecule has 1 N–H and O–H groups in total. The minimum absolute atomic E-state index is 0.0461.